The molecular weight excluding hydrogens is 431 g/mol. The summed E-state index contributed by atoms with van der Waals surface area (Å²) in [5.41, 5.74) is 2.49. The topological polar surface area (TPSA) is 66.0 Å². The Kier molecular flexibility index (Phi) is 12.2. The minimum absolute atomic E-state index is 0. The second-order valence-corrected chi connectivity index (χ2v) is 5.83. The number of nitrogens with one attached hydrogen (secondary N) is 2. The molecule has 0 saturated heterocycles. The lowest BCUT2D eigenvalue weighted by atomic mass is 10.1. The Morgan fingerprint density at radius 1 is 1.28 bits per heavy atom. The monoisotopic (exact) mass is 462 g/mol. The normalized spacial score (nSPS) is 12.1. The number of aliphatic imine (C=N–C) groups is 1. The van der Waals surface area contributed by atoms with Crippen LogP contribution in [0.25, 0.3) is 0 Å². The predicted octanol–water partition coefficient (Wildman–Crippen LogP) is 2.20. The van der Waals surface area contributed by atoms with Crippen LogP contribution in [0, 0.1) is 0 Å². The van der Waals surface area contributed by atoms with E-state index in [-0.39, 0.29) is 42.5 Å². The van der Waals surface area contributed by atoms with Gasteiger partial charge in [0.25, 0.3) is 0 Å². The average molecular weight is 462 g/mol. The van der Waals surface area contributed by atoms with Crippen LogP contribution in [0.5, 0.6) is 0 Å². The number of aryl methyl sites for hydroxylation is 1. The highest BCUT2D eigenvalue weighted by Gasteiger charge is 2.09. The molecule has 0 bridgehead atoms. The van der Waals surface area contributed by atoms with E-state index in [1.165, 1.54) is 16.0 Å². The first-order chi connectivity index (χ1) is 11.5. The molecule has 0 aliphatic heterocycles. The molecule has 0 aliphatic rings. The number of nitrogens with zero attached hydrogens (tertiary/aromatic N) is 2. The molecule has 2 N–H and O–H groups in total. The lowest BCUT2D eigenvalue weighted by Crippen LogP contribution is -2.41. The van der Waals surface area contributed by atoms with Gasteiger partial charge in [0, 0.05) is 27.7 Å². The van der Waals surface area contributed by atoms with Gasteiger partial charge in [-0.15, -0.1) is 24.0 Å². The largest absolute Gasteiger partial charge is 0.383 e. The van der Waals surface area contributed by atoms with Crippen molar-refractivity contribution in [3.8, 4) is 0 Å². The van der Waals surface area contributed by atoms with Crippen molar-refractivity contribution in [2.45, 2.75) is 26.3 Å². The van der Waals surface area contributed by atoms with Crippen molar-refractivity contribution in [3.05, 3.63) is 35.4 Å². The number of likely N-dealkylation sites (N-methyl/N-ethyl adjacent to an activating group) is 1. The number of ether oxygens (including phenoxy) is 1. The molecule has 1 atom stereocenters. The fourth-order valence-electron chi connectivity index (χ4n) is 2.04. The third-order valence-corrected chi connectivity index (χ3v) is 3.71. The third kappa shape index (κ3) is 9.06. The van der Waals surface area contributed by atoms with Crippen molar-refractivity contribution in [1.82, 2.24) is 15.5 Å². The number of carbonyl (C=O) groups excluding carboxylic acids is 1. The van der Waals surface area contributed by atoms with Crippen LogP contribution in [-0.2, 0) is 16.0 Å². The van der Waals surface area contributed by atoms with Crippen molar-refractivity contribution in [2.24, 2.45) is 4.99 Å². The number of methoxy groups -OCH3 is 1. The highest BCUT2D eigenvalue weighted by molar-refractivity contribution is 14.0. The van der Waals surface area contributed by atoms with Crippen molar-refractivity contribution < 1.29 is 9.53 Å². The van der Waals surface area contributed by atoms with Gasteiger partial charge in [0.2, 0.25) is 5.91 Å². The summed E-state index contributed by atoms with van der Waals surface area (Å²) >= 11 is 0. The molecule has 0 saturated carbocycles. The van der Waals surface area contributed by atoms with E-state index in [2.05, 4.69) is 53.7 Å². The van der Waals surface area contributed by atoms with Crippen LogP contribution in [0.1, 0.15) is 31.0 Å². The van der Waals surface area contributed by atoms with Crippen LogP contribution in [0.4, 0.5) is 0 Å². The molecule has 7 heteroatoms. The van der Waals surface area contributed by atoms with E-state index in [0.717, 1.165) is 6.42 Å². The van der Waals surface area contributed by atoms with Crippen LogP contribution in [-0.4, -0.2) is 57.7 Å². The Labute approximate surface area is 168 Å². The molecule has 6 nitrogen and oxygen atoms in total. The van der Waals surface area contributed by atoms with E-state index in [9.17, 15) is 4.79 Å². The fraction of sp³-hybridized carbons (Fsp3) is 0.556. The van der Waals surface area contributed by atoms with Gasteiger partial charge in [0.05, 0.1) is 12.6 Å². The van der Waals surface area contributed by atoms with Crippen LogP contribution < -0.4 is 10.6 Å². The van der Waals surface area contributed by atoms with Gasteiger partial charge < -0.3 is 20.3 Å². The standard InChI is InChI=1S/C18H30N4O2.HI/c1-6-15-7-9-16(10-8-15)14(2)21-18(19-11-12-24-5)20-13-17(23)22(3)4;/h7-10,14H,6,11-13H2,1-5H3,(H2,19,20,21);1H. The van der Waals surface area contributed by atoms with E-state index in [4.69, 9.17) is 4.74 Å². The summed E-state index contributed by atoms with van der Waals surface area (Å²) in [6.07, 6.45) is 1.03. The summed E-state index contributed by atoms with van der Waals surface area (Å²) in [5, 5.41) is 6.52. The number of halogens is 1. The summed E-state index contributed by atoms with van der Waals surface area (Å²) in [6, 6.07) is 8.60. The maximum absolute atomic E-state index is 11.7. The molecular formula is C18H31IN4O2. The van der Waals surface area contributed by atoms with Crippen molar-refractivity contribution in [1.29, 1.82) is 0 Å². The molecule has 1 aromatic carbocycles. The zero-order valence-electron chi connectivity index (χ0n) is 15.8. The summed E-state index contributed by atoms with van der Waals surface area (Å²) in [7, 11) is 5.10. The van der Waals surface area contributed by atoms with Gasteiger partial charge in [-0.3, -0.25) is 4.79 Å². The second kappa shape index (κ2) is 12.9. The molecule has 25 heavy (non-hydrogen) atoms. The maximum atomic E-state index is 11.7. The smallest absolute Gasteiger partial charge is 0.243 e. The Hall–Kier alpha value is -1.35. The first-order valence-electron chi connectivity index (χ1n) is 8.30. The number of rotatable bonds is 8. The van der Waals surface area contributed by atoms with E-state index in [1.54, 1.807) is 21.2 Å². The van der Waals surface area contributed by atoms with Gasteiger partial charge in [-0.25, -0.2) is 4.99 Å². The first-order valence-corrected chi connectivity index (χ1v) is 8.30. The van der Waals surface area contributed by atoms with Crippen LogP contribution in [0.2, 0.25) is 0 Å². The van der Waals surface area contributed by atoms with E-state index >= 15 is 0 Å². The highest BCUT2D eigenvalue weighted by Crippen LogP contribution is 2.13. The van der Waals surface area contributed by atoms with Gasteiger partial charge in [-0.1, -0.05) is 31.2 Å². The number of carbonyl (C=O) groups is 1. The molecule has 0 aromatic heterocycles. The van der Waals surface area contributed by atoms with Crippen molar-refractivity contribution in [3.63, 3.8) is 0 Å². The highest BCUT2D eigenvalue weighted by atomic mass is 127. The molecule has 0 radical (unpaired) electrons. The lowest BCUT2D eigenvalue weighted by Gasteiger charge is -2.19. The van der Waals surface area contributed by atoms with E-state index in [0.29, 0.717) is 19.1 Å². The Morgan fingerprint density at radius 2 is 1.92 bits per heavy atom. The lowest BCUT2D eigenvalue weighted by molar-refractivity contribution is -0.127. The second-order valence-electron chi connectivity index (χ2n) is 5.83. The third-order valence-electron chi connectivity index (χ3n) is 3.71. The summed E-state index contributed by atoms with van der Waals surface area (Å²) in [6.45, 7) is 5.52. The van der Waals surface area contributed by atoms with Gasteiger partial charge in [0.1, 0.15) is 6.54 Å². The van der Waals surface area contributed by atoms with Crippen molar-refractivity contribution >= 4 is 35.8 Å². The summed E-state index contributed by atoms with van der Waals surface area (Å²) < 4.78 is 5.05. The zero-order chi connectivity index (χ0) is 17.9. The summed E-state index contributed by atoms with van der Waals surface area (Å²) in [5.74, 6) is 0.567. The predicted molar refractivity (Wildman–Crippen MR) is 114 cm³/mol. The van der Waals surface area contributed by atoms with Crippen LogP contribution in [0.15, 0.2) is 29.3 Å². The van der Waals surface area contributed by atoms with Gasteiger partial charge in [0.15, 0.2) is 5.96 Å². The molecule has 1 aromatic rings. The van der Waals surface area contributed by atoms with Crippen molar-refractivity contribution in [2.75, 3.05) is 40.9 Å². The maximum Gasteiger partial charge on any atom is 0.243 e. The zero-order valence-corrected chi connectivity index (χ0v) is 18.2. The van der Waals surface area contributed by atoms with Gasteiger partial charge in [-0.05, 0) is 24.5 Å². The number of hydrogen-bond acceptors (Lipinski definition) is 3. The molecule has 0 fully saturated rings. The minimum atomic E-state index is -0.0391. The fourth-order valence-corrected chi connectivity index (χ4v) is 2.04. The SMILES string of the molecule is CCc1ccc(C(C)NC(=NCC(=O)N(C)C)NCCOC)cc1.I. The van der Waals surface area contributed by atoms with Gasteiger partial charge >= 0.3 is 0 Å². The van der Waals surface area contributed by atoms with E-state index in [1.807, 2.05) is 0 Å². The molecule has 0 spiro atoms. The van der Waals surface area contributed by atoms with Crippen LogP contribution >= 0.6 is 24.0 Å². The minimum Gasteiger partial charge on any atom is -0.383 e. The molecule has 0 heterocycles. The Balaban J connectivity index is 0.00000576. The molecule has 0 aliphatic carbocycles. The number of amides is 1. The van der Waals surface area contributed by atoms with Gasteiger partial charge in [-0.2, -0.15) is 0 Å². The number of benzene rings is 1. The molecule has 1 unspecified atom stereocenters. The Bertz CT molecular complexity index is 532. The molecule has 142 valence electrons. The van der Waals surface area contributed by atoms with E-state index < -0.39 is 0 Å². The molecule has 1 amide bonds. The molecule has 1 rings (SSSR count). The average Bonchev–Trinajstić information content (AvgIpc) is 2.59. The number of hydrogen-bond donors (Lipinski definition) is 2. The van der Waals surface area contributed by atoms with Crippen LogP contribution in [0.3, 0.4) is 0 Å². The number of guanidine groups is 1. The Morgan fingerprint density at radius 3 is 2.44 bits per heavy atom. The quantitative estimate of drug-likeness (QED) is 0.269. The summed E-state index contributed by atoms with van der Waals surface area (Å²) in [4.78, 5) is 17.6. The first kappa shape index (κ1) is 23.6.